The van der Waals surface area contributed by atoms with Crippen molar-refractivity contribution < 1.29 is 8.78 Å². The second-order valence-electron chi connectivity index (χ2n) is 3.81. The van der Waals surface area contributed by atoms with E-state index in [1.54, 1.807) is 31.2 Å². The smallest absolute Gasteiger partial charge is 0.123 e. The molecule has 2 rings (SSSR count). The molecule has 0 aliphatic carbocycles. The fraction of sp³-hybridized carbons (Fsp3) is 0.0714. The summed E-state index contributed by atoms with van der Waals surface area (Å²) in [6.07, 6.45) is 0. The van der Waals surface area contributed by atoms with Gasteiger partial charge >= 0.3 is 0 Å². The molecule has 0 saturated carbocycles. The van der Waals surface area contributed by atoms with E-state index >= 15 is 0 Å². The van der Waals surface area contributed by atoms with Crippen LogP contribution in [0.15, 0.2) is 53.5 Å². The van der Waals surface area contributed by atoms with Gasteiger partial charge in [0.05, 0.1) is 5.69 Å². The standard InChI is InChI=1S/C14H12F2N2/c1-10(17-13-6-2-11(15)3-7-13)18-14-8-4-12(16)5-9-14/h2-9H,1H3,(H,17,18). The van der Waals surface area contributed by atoms with Crippen LogP contribution in [0.1, 0.15) is 6.92 Å². The summed E-state index contributed by atoms with van der Waals surface area (Å²) in [6.45, 7) is 1.78. The topological polar surface area (TPSA) is 24.4 Å². The fourth-order valence-corrected chi connectivity index (χ4v) is 1.48. The highest BCUT2D eigenvalue weighted by Gasteiger charge is 1.96. The van der Waals surface area contributed by atoms with Crippen molar-refractivity contribution in [3.8, 4) is 0 Å². The second kappa shape index (κ2) is 5.40. The Kier molecular flexibility index (Phi) is 3.67. The Morgan fingerprint density at radius 3 is 1.94 bits per heavy atom. The molecule has 0 heterocycles. The van der Waals surface area contributed by atoms with Crippen molar-refractivity contribution in [1.29, 1.82) is 0 Å². The number of rotatable bonds is 2. The van der Waals surface area contributed by atoms with E-state index in [-0.39, 0.29) is 11.6 Å². The molecule has 18 heavy (non-hydrogen) atoms. The molecule has 0 spiro atoms. The van der Waals surface area contributed by atoms with E-state index in [1.807, 2.05) is 0 Å². The molecule has 0 bridgehead atoms. The minimum absolute atomic E-state index is 0.284. The van der Waals surface area contributed by atoms with E-state index in [2.05, 4.69) is 10.3 Å². The second-order valence-corrected chi connectivity index (χ2v) is 3.81. The number of aliphatic imine (C=N–C) groups is 1. The van der Waals surface area contributed by atoms with Crippen LogP contribution in [-0.4, -0.2) is 5.84 Å². The third-order valence-corrected chi connectivity index (χ3v) is 2.29. The minimum atomic E-state index is -0.293. The molecule has 0 atom stereocenters. The Morgan fingerprint density at radius 1 is 0.889 bits per heavy atom. The summed E-state index contributed by atoms with van der Waals surface area (Å²) in [4.78, 5) is 4.26. The molecule has 2 aromatic rings. The van der Waals surface area contributed by atoms with Crippen LogP contribution in [0.4, 0.5) is 20.2 Å². The van der Waals surface area contributed by atoms with E-state index < -0.39 is 0 Å². The molecule has 0 fully saturated rings. The van der Waals surface area contributed by atoms with Gasteiger partial charge in [0, 0.05) is 5.69 Å². The Morgan fingerprint density at radius 2 is 1.39 bits per heavy atom. The summed E-state index contributed by atoms with van der Waals surface area (Å²) >= 11 is 0. The molecule has 92 valence electrons. The normalized spacial score (nSPS) is 11.4. The molecule has 2 aromatic carbocycles. The first kappa shape index (κ1) is 12.2. The summed E-state index contributed by atoms with van der Waals surface area (Å²) in [5, 5.41) is 3.02. The van der Waals surface area contributed by atoms with E-state index in [4.69, 9.17) is 0 Å². The van der Waals surface area contributed by atoms with Gasteiger partial charge in [-0.05, 0) is 55.5 Å². The lowest BCUT2D eigenvalue weighted by molar-refractivity contribution is 0.627. The molecule has 0 aliphatic rings. The maximum absolute atomic E-state index is 12.7. The average Bonchev–Trinajstić information content (AvgIpc) is 2.35. The van der Waals surface area contributed by atoms with E-state index in [9.17, 15) is 8.78 Å². The molecule has 0 aromatic heterocycles. The van der Waals surface area contributed by atoms with Crippen LogP contribution in [0.2, 0.25) is 0 Å². The SMILES string of the molecule is CC(=Nc1ccc(F)cc1)Nc1ccc(F)cc1. The summed E-state index contributed by atoms with van der Waals surface area (Å²) < 4.78 is 25.4. The minimum Gasteiger partial charge on any atom is -0.344 e. The van der Waals surface area contributed by atoms with Gasteiger partial charge in [-0.2, -0.15) is 0 Å². The van der Waals surface area contributed by atoms with Crippen LogP contribution >= 0.6 is 0 Å². The van der Waals surface area contributed by atoms with Crippen molar-refractivity contribution in [2.24, 2.45) is 4.99 Å². The largest absolute Gasteiger partial charge is 0.344 e. The summed E-state index contributed by atoms with van der Waals surface area (Å²) in [7, 11) is 0. The zero-order chi connectivity index (χ0) is 13.0. The van der Waals surface area contributed by atoms with Gasteiger partial charge in [-0.1, -0.05) is 0 Å². The molecular formula is C14H12F2N2. The molecule has 0 aliphatic heterocycles. The molecule has 2 nitrogen and oxygen atoms in total. The number of benzene rings is 2. The van der Waals surface area contributed by atoms with Gasteiger partial charge < -0.3 is 5.32 Å². The van der Waals surface area contributed by atoms with Gasteiger partial charge in [-0.15, -0.1) is 0 Å². The van der Waals surface area contributed by atoms with Gasteiger partial charge in [0.2, 0.25) is 0 Å². The van der Waals surface area contributed by atoms with Crippen molar-refractivity contribution in [3.05, 3.63) is 60.2 Å². The summed E-state index contributed by atoms with van der Waals surface area (Å²) in [5.74, 6) is 0.0694. The maximum Gasteiger partial charge on any atom is 0.123 e. The third-order valence-electron chi connectivity index (χ3n) is 2.29. The Labute approximate surface area is 104 Å². The lowest BCUT2D eigenvalue weighted by atomic mass is 10.3. The third kappa shape index (κ3) is 3.38. The number of hydrogen-bond acceptors (Lipinski definition) is 1. The van der Waals surface area contributed by atoms with Crippen molar-refractivity contribution in [1.82, 2.24) is 0 Å². The number of nitrogens with zero attached hydrogens (tertiary/aromatic N) is 1. The van der Waals surface area contributed by atoms with Gasteiger partial charge in [-0.25, -0.2) is 13.8 Å². The van der Waals surface area contributed by atoms with Gasteiger partial charge in [0.25, 0.3) is 0 Å². The van der Waals surface area contributed by atoms with Crippen LogP contribution in [-0.2, 0) is 0 Å². The molecular weight excluding hydrogens is 234 g/mol. The number of amidine groups is 1. The molecule has 0 unspecified atom stereocenters. The van der Waals surface area contributed by atoms with Crippen LogP contribution in [0.5, 0.6) is 0 Å². The monoisotopic (exact) mass is 246 g/mol. The average molecular weight is 246 g/mol. The number of hydrogen-bond donors (Lipinski definition) is 1. The van der Waals surface area contributed by atoms with Gasteiger partial charge in [-0.3, -0.25) is 0 Å². The summed E-state index contributed by atoms with van der Waals surface area (Å²) in [6, 6.07) is 11.9. The van der Waals surface area contributed by atoms with Gasteiger partial charge in [0.15, 0.2) is 0 Å². The van der Waals surface area contributed by atoms with E-state index in [0.29, 0.717) is 11.5 Å². The molecule has 1 N–H and O–H groups in total. The number of nitrogens with one attached hydrogen (secondary N) is 1. The zero-order valence-electron chi connectivity index (χ0n) is 9.82. The van der Waals surface area contributed by atoms with E-state index in [1.165, 1.54) is 24.3 Å². The van der Waals surface area contributed by atoms with Crippen LogP contribution in [0.25, 0.3) is 0 Å². The Hall–Kier alpha value is -2.23. The van der Waals surface area contributed by atoms with Crippen molar-refractivity contribution in [2.45, 2.75) is 6.92 Å². The lowest BCUT2D eigenvalue weighted by Crippen LogP contribution is -2.06. The Balaban J connectivity index is 2.09. The number of halogens is 2. The first-order chi connectivity index (χ1) is 8.63. The molecule has 4 heteroatoms. The van der Waals surface area contributed by atoms with Crippen molar-refractivity contribution >= 4 is 17.2 Å². The highest BCUT2D eigenvalue weighted by molar-refractivity contribution is 5.95. The predicted molar refractivity (Wildman–Crippen MR) is 69.2 cm³/mol. The maximum atomic E-state index is 12.7. The van der Waals surface area contributed by atoms with Crippen molar-refractivity contribution in [3.63, 3.8) is 0 Å². The molecule has 0 saturated heterocycles. The zero-order valence-corrected chi connectivity index (χ0v) is 9.82. The number of anilines is 1. The van der Waals surface area contributed by atoms with E-state index in [0.717, 1.165) is 5.69 Å². The van der Waals surface area contributed by atoms with Crippen LogP contribution in [0.3, 0.4) is 0 Å². The predicted octanol–water partition coefficient (Wildman–Crippen LogP) is 4.13. The molecule has 0 radical (unpaired) electrons. The van der Waals surface area contributed by atoms with Crippen molar-refractivity contribution in [2.75, 3.05) is 5.32 Å². The summed E-state index contributed by atoms with van der Waals surface area (Å²) in [5.41, 5.74) is 1.41. The molecule has 0 amide bonds. The first-order valence-corrected chi connectivity index (χ1v) is 5.47. The van der Waals surface area contributed by atoms with Crippen LogP contribution in [0, 0.1) is 11.6 Å². The van der Waals surface area contributed by atoms with Crippen LogP contribution < -0.4 is 5.32 Å². The highest BCUT2D eigenvalue weighted by atomic mass is 19.1. The quantitative estimate of drug-likeness (QED) is 0.625. The lowest BCUT2D eigenvalue weighted by Gasteiger charge is -2.05. The Bertz CT molecular complexity index is 545. The fourth-order valence-electron chi connectivity index (χ4n) is 1.48. The van der Waals surface area contributed by atoms with Gasteiger partial charge in [0.1, 0.15) is 17.5 Å². The highest BCUT2D eigenvalue weighted by Crippen LogP contribution is 2.14. The first-order valence-electron chi connectivity index (χ1n) is 5.47.